The average Bonchev–Trinajstić information content (AvgIpc) is 2.47. The summed E-state index contributed by atoms with van der Waals surface area (Å²) in [5.41, 5.74) is 0.0831. The monoisotopic (exact) mass is 347 g/mol. The largest absolute Gasteiger partial charge is 0.376 e. The van der Waals surface area contributed by atoms with Crippen molar-refractivity contribution in [3.05, 3.63) is 33.8 Å². The van der Waals surface area contributed by atoms with Crippen LogP contribution in [0, 0.1) is 11.6 Å². The smallest absolute Gasteiger partial charge is 0.145 e. The molecule has 1 heterocycles. The Balaban J connectivity index is 2.32. The van der Waals surface area contributed by atoms with Crippen LogP contribution in [0.5, 0.6) is 0 Å². The van der Waals surface area contributed by atoms with Gasteiger partial charge in [-0.15, -0.1) is 0 Å². The number of ether oxygens (including phenoxy) is 1. The van der Waals surface area contributed by atoms with Crippen LogP contribution < -0.4 is 5.32 Å². The molecule has 1 aromatic rings. The standard InChI is InChI=1S/C15H20BrF2NO/c1-2-8-19-15(12-5-3-4-9-20-12)13-11(17)7-6-10(16)14(13)18/h6-7,12,15,19H,2-5,8-9H2,1H3. The van der Waals surface area contributed by atoms with Gasteiger partial charge >= 0.3 is 0 Å². The molecule has 5 heteroatoms. The molecule has 2 atom stereocenters. The Morgan fingerprint density at radius 2 is 2.20 bits per heavy atom. The van der Waals surface area contributed by atoms with Crippen LogP contribution in [0.1, 0.15) is 44.2 Å². The van der Waals surface area contributed by atoms with Crippen molar-refractivity contribution >= 4 is 15.9 Å². The van der Waals surface area contributed by atoms with E-state index in [1.165, 1.54) is 12.1 Å². The van der Waals surface area contributed by atoms with Crippen LogP contribution in [0.15, 0.2) is 16.6 Å². The number of benzene rings is 1. The molecule has 0 saturated carbocycles. The molecule has 1 aliphatic rings. The minimum absolute atomic E-state index is 0.0831. The van der Waals surface area contributed by atoms with Gasteiger partial charge in [-0.05, 0) is 60.3 Å². The van der Waals surface area contributed by atoms with Gasteiger partial charge in [0.25, 0.3) is 0 Å². The second-order valence-corrected chi connectivity index (χ2v) is 5.95. The number of hydrogen-bond donors (Lipinski definition) is 1. The second-order valence-electron chi connectivity index (χ2n) is 5.09. The highest BCUT2D eigenvalue weighted by Gasteiger charge is 2.30. The van der Waals surface area contributed by atoms with E-state index in [9.17, 15) is 8.78 Å². The van der Waals surface area contributed by atoms with E-state index >= 15 is 0 Å². The van der Waals surface area contributed by atoms with Crippen molar-refractivity contribution in [1.29, 1.82) is 0 Å². The molecule has 2 rings (SSSR count). The normalized spacial score (nSPS) is 20.9. The van der Waals surface area contributed by atoms with Crippen LogP contribution in [0.3, 0.4) is 0 Å². The third kappa shape index (κ3) is 3.57. The first-order valence-electron chi connectivity index (χ1n) is 7.13. The second kappa shape index (κ2) is 7.48. The fourth-order valence-electron chi connectivity index (χ4n) is 2.58. The fraction of sp³-hybridized carbons (Fsp3) is 0.600. The van der Waals surface area contributed by atoms with Gasteiger partial charge in [-0.2, -0.15) is 0 Å². The molecule has 0 amide bonds. The molecule has 1 saturated heterocycles. The summed E-state index contributed by atoms with van der Waals surface area (Å²) < 4.78 is 34.4. The predicted octanol–water partition coefficient (Wildman–Crippen LogP) is 4.34. The van der Waals surface area contributed by atoms with Gasteiger partial charge in [0.2, 0.25) is 0 Å². The van der Waals surface area contributed by atoms with Gasteiger partial charge in [0.05, 0.1) is 16.6 Å². The van der Waals surface area contributed by atoms with Gasteiger partial charge < -0.3 is 10.1 Å². The van der Waals surface area contributed by atoms with E-state index in [1.807, 2.05) is 6.92 Å². The van der Waals surface area contributed by atoms with Crippen LogP contribution in [-0.2, 0) is 4.74 Å². The Bertz CT molecular complexity index is 450. The first kappa shape index (κ1) is 15.9. The van der Waals surface area contributed by atoms with Crippen LogP contribution in [0.25, 0.3) is 0 Å². The Hall–Kier alpha value is -0.520. The van der Waals surface area contributed by atoms with E-state index in [1.54, 1.807) is 0 Å². The van der Waals surface area contributed by atoms with Crippen molar-refractivity contribution in [3.8, 4) is 0 Å². The number of rotatable bonds is 5. The molecule has 1 N–H and O–H groups in total. The van der Waals surface area contributed by atoms with Crippen LogP contribution in [0.4, 0.5) is 8.78 Å². The highest BCUT2D eigenvalue weighted by atomic mass is 79.9. The summed E-state index contributed by atoms with van der Waals surface area (Å²) in [7, 11) is 0. The Kier molecular flexibility index (Phi) is 5.93. The van der Waals surface area contributed by atoms with E-state index in [-0.39, 0.29) is 16.1 Å². The Morgan fingerprint density at radius 3 is 2.85 bits per heavy atom. The van der Waals surface area contributed by atoms with E-state index in [0.29, 0.717) is 13.2 Å². The minimum Gasteiger partial charge on any atom is -0.376 e. The quantitative estimate of drug-likeness (QED) is 0.800. The van der Waals surface area contributed by atoms with Crippen LogP contribution in [0.2, 0.25) is 0 Å². The van der Waals surface area contributed by atoms with Crippen molar-refractivity contribution < 1.29 is 13.5 Å². The molecule has 112 valence electrons. The SMILES string of the molecule is CCCNC(c1c(F)ccc(Br)c1F)C1CCCCO1. The van der Waals surface area contributed by atoms with Crippen molar-refractivity contribution in [1.82, 2.24) is 5.32 Å². The zero-order valence-corrected chi connectivity index (χ0v) is 13.2. The van der Waals surface area contributed by atoms with E-state index < -0.39 is 17.7 Å². The van der Waals surface area contributed by atoms with Gasteiger partial charge in [-0.3, -0.25) is 0 Å². The molecular formula is C15H20BrF2NO. The predicted molar refractivity (Wildman–Crippen MR) is 78.7 cm³/mol. The van der Waals surface area contributed by atoms with Gasteiger partial charge in [0, 0.05) is 12.2 Å². The van der Waals surface area contributed by atoms with Gasteiger partial charge in [-0.1, -0.05) is 6.92 Å². The van der Waals surface area contributed by atoms with E-state index in [2.05, 4.69) is 21.2 Å². The van der Waals surface area contributed by atoms with Gasteiger partial charge in [0.15, 0.2) is 0 Å². The maximum Gasteiger partial charge on any atom is 0.145 e. The zero-order chi connectivity index (χ0) is 14.5. The minimum atomic E-state index is -0.534. The highest BCUT2D eigenvalue weighted by Crippen LogP contribution is 2.32. The van der Waals surface area contributed by atoms with Gasteiger partial charge in [0.1, 0.15) is 11.6 Å². The maximum atomic E-state index is 14.3. The molecule has 0 bridgehead atoms. The molecule has 0 radical (unpaired) electrons. The fourth-order valence-corrected chi connectivity index (χ4v) is 2.92. The Morgan fingerprint density at radius 1 is 1.40 bits per heavy atom. The summed E-state index contributed by atoms with van der Waals surface area (Å²) in [4.78, 5) is 0. The van der Waals surface area contributed by atoms with Crippen LogP contribution in [-0.4, -0.2) is 19.3 Å². The summed E-state index contributed by atoms with van der Waals surface area (Å²) in [5.74, 6) is -1.05. The molecule has 0 aliphatic carbocycles. The molecule has 1 aliphatic heterocycles. The zero-order valence-electron chi connectivity index (χ0n) is 11.6. The lowest BCUT2D eigenvalue weighted by atomic mass is 9.94. The first-order chi connectivity index (χ1) is 9.65. The summed E-state index contributed by atoms with van der Waals surface area (Å²) in [6, 6.07) is 2.26. The summed E-state index contributed by atoms with van der Waals surface area (Å²) >= 11 is 3.13. The summed E-state index contributed by atoms with van der Waals surface area (Å²) in [6.45, 7) is 3.39. The Labute approximate surface area is 127 Å². The lowest BCUT2D eigenvalue weighted by molar-refractivity contribution is -0.00964. The average molecular weight is 348 g/mol. The molecule has 2 nitrogen and oxygen atoms in total. The number of hydrogen-bond acceptors (Lipinski definition) is 2. The molecular weight excluding hydrogens is 328 g/mol. The van der Waals surface area contributed by atoms with Crippen molar-refractivity contribution in [2.24, 2.45) is 0 Å². The molecule has 0 spiro atoms. The van der Waals surface area contributed by atoms with Crippen molar-refractivity contribution in [2.75, 3.05) is 13.2 Å². The number of halogens is 3. The maximum absolute atomic E-state index is 14.3. The third-order valence-electron chi connectivity index (χ3n) is 3.59. The van der Waals surface area contributed by atoms with Gasteiger partial charge in [-0.25, -0.2) is 8.78 Å². The van der Waals surface area contributed by atoms with Crippen LogP contribution >= 0.6 is 15.9 Å². The molecule has 0 aromatic heterocycles. The summed E-state index contributed by atoms with van der Waals surface area (Å²) in [6.07, 6.45) is 3.61. The van der Waals surface area contributed by atoms with E-state index in [4.69, 9.17) is 4.74 Å². The third-order valence-corrected chi connectivity index (χ3v) is 4.20. The molecule has 1 fully saturated rings. The number of nitrogens with one attached hydrogen (secondary N) is 1. The summed E-state index contributed by atoms with van der Waals surface area (Å²) in [5, 5.41) is 3.24. The lowest BCUT2D eigenvalue weighted by Crippen LogP contribution is -2.37. The topological polar surface area (TPSA) is 21.3 Å². The molecule has 1 aromatic carbocycles. The molecule has 20 heavy (non-hydrogen) atoms. The highest BCUT2D eigenvalue weighted by molar-refractivity contribution is 9.10. The molecule has 2 unspecified atom stereocenters. The van der Waals surface area contributed by atoms with Crippen molar-refractivity contribution in [2.45, 2.75) is 44.8 Å². The lowest BCUT2D eigenvalue weighted by Gasteiger charge is -2.32. The van der Waals surface area contributed by atoms with E-state index in [0.717, 1.165) is 25.7 Å². The first-order valence-corrected chi connectivity index (χ1v) is 7.92. The van der Waals surface area contributed by atoms with Crippen molar-refractivity contribution in [3.63, 3.8) is 0 Å².